The number of rotatable bonds is 5. The van der Waals surface area contributed by atoms with Crippen LogP contribution < -0.4 is 14.4 Å². The molecule has 1 aliphatic heterocycles. The molecule has 0 fully saturated rings. The Bertz CT molecular complexity index is 1470. The Morgan fingerprint density at radius 2 is 1.65 bits per heavy atom. The third-order valence-corrected chi connectivity index (χ3v) is 7.71. The van der Waals surface area contributed by atoms with E-state index in [2.05, 4.69) is 5.32 Å². The molecular weight excluding hydrogens is 448 g/mol. The number of fused-ring (bicyclic) bond motifs is 2. The summed E-state index contributed by atoms with van der Waals surface area (Å²) in [5, 5.41) is 5.11. The fourth-order valence-corrected chi connectivity index (χ4v) is 5.53. The van der Waals surface area contributed by atoms with E-state index in [4.69, 9.17) is 4.74 Å². The summed E-state index contributed by atoms with van der Waals surface area (Å²) in [6.45, 7) is 2.10. The van der Waals surface area contributed by atoms with Crippen LogP contribution in [0.15, 0.2) is 95.9 Å². The number of para-hydroxylation sites is 2. The van der Waals surface area contributed by atoms with Gasteiger partial charge in [0, 0.05) is 6.54 Å². The number of anilines is 1. The van der Waals surface area contributed by atoms with Crippen LogP contribution in [0.4, 0.5) is 5.69 Å². The molecule has 1 aliphatic rings. The van der Waals surface area contributed by atoms with Gasteiger partial charge < -0.3 is 10.1 Å². The Balaban J connectivity index is 1.38. The first-order valence-corrected chi connectivity index (χ1v) is 12.5. The van der Waals surface area contributed by atoms with Crippen molar-refractivity contribution in [3.8, 4) is 5.75 Å². The Labute approximate surface area is 198 Å². The zero-order valence-corrected chi connectivity index (χ0v) is 19.5. The summed E-state index contributed by atoms with van der Waals surface area (Å²) in [6.07, 6.45) is -0.976. The largest absolute Gasteiger partial charge is 0.476 e. The molecule has 0 aromatic heterocycles. The monoisotopic (exact) mass is 472 g/mol. The van der Waals surface area contributed by atoms with Gasteiger partial charge >= 0.3 is 0 Å². The first kappa shape index (κ1) is 22.0. The number of benzene rings is 4. The molecule has 0 aliphatic carbocycles. The van der Waals surface area contributed by atoms with E-state index in [1.807, 2.05) is 49.4 Å². The summed E-state index contributed by atoms with van der Waals surface area (Å²) in [7, 11) is -3.88. The highest BCUT2D eigenvalue weighted by molar-refractivity contribution is 7.92. The van der Waals surface area contributed by atoms with Gasteiger partial charge in [0.1, 0.15) is 5.75 Å². The highest BCUT2D eigenvalue weighted by Crippen LogP contribution is 2.36. The van der Waals surface area contributed by atoms with Crippen LogP contribution in [-0.4, -0.2) is 27.0 Å². The summed E-state index contributed by atoms with van der Waals surface area (Å²) in [5.74, 6) is -0.0120. The van der Waals surface area contributed by atoms with Gasteiger partial charge in [0.05, 0.1) is 17.1 Å². The van der Waals surface area contributed by atoms with Crippen molar-refractivity contribution < 1.29 is 17.9 Å². The van der Waals surface area contributed by atoms with Gasteiger partial charge in [-0.2, -0.15) is 0 Å². The number of nitrogens with zero attached hydrogens (tertiary/aromatic N) is 1. The van der Waals surface area contributed by atoms with Gasteiger partial charge in [0.25, 0.3) is 15.9 Å². The van der Waals surface area contributed by atoms with Gasteiger partial charge in [-0.15, -0.1) is 0 Å². The Morgan fingerprint density at radius 3 is 2.44 bits per heavy atom. The second-order valence-corrected chi connectivity index (χ2v) is 10.2. The third kappa shape index (κ3) is 4.22. The number of ether oxygens (including phenoxy) is 1. The summed E-state index contributed by atoms with van der Waals surface area (Å²) in [5.41, 5.74) is 2.33. The predicted molar refractivity (Wildman–Crippen MR) is 132 cm³/mol. The molecular formula is C27H24N2O4S. The molecule has 4 aromatic carbocycles. The maximum absolute atomic E-state index is 13.5. The molecule has 0 bridgehead atoms. The average molecular weight is 473 g/mol. The quantitative estimate of drug-likeness (QED) is 0.467. The second-order valence-electron chi connectivity index (χ2n) is 8.32. The molecule has 0 saturated heterocycles. The van der Waals surface area contributed by atoms with Crippen molar-refractivity contribution in [2.75, 3.05) is 10.8 Å². The second kappa shape index (κ2) is 8.83. The van der Waals surface area contributed by atoms with Crippen LogP contribution in [0.1, 0.15) is 11.1 Å². The minimum absolute atomic E-state index is 0.114. The van der Waals surface area contributed by atoms with Crippen molar-refractivity contribution in [1.82, 2.24) is 5.32 Å². The van der Waals surface area contributed by atoms with Crippen LogP contribution in [0, 0.1) is 6.92 Å². The van der Waals surface area contributed by atoms with E-state index in [1.165, 1.54) is 4.31 Å². The number of sulfonamides is 1. The maximum Gasteiger partial charge on any atom is 0.264 e. The van der Waals surface area contributed by atoms with Crippen LogP contribution in [0.3, 0.4) is 0 Å². The van der Waals surface area contributed by atoms with Gasteiger partial charge in [0.2, 0.25) is 0 Å². The molecule has 1 N–H and O–H groups in total. The normalized spacial score (nSPS) is 15.4. The van der Waals surface area contributed by atoms with E-state index in [0.29, 0.717) is 18.0 Å². The molecule has 0 saturated carbocycles. The van der Waals surface area contributed by atoms with Crippen molar-refractivity contribution in [3.63, 3.8) is 0 Å². The van der Waals surface area contributed by atoms with E-state index in [1.54, 1.807) is 48.5 Å². The zero-order chi connectivity index (χ0) is 23.7. The van der Waals surface area contributed by atoms with E-state index in [9.17, 15) is 13.2 Å². The van der Waals surface area contributed by atoms with E-state index in [-0.39, 0.29) is 17.3 Å². The van der Waals surface area contributed by atoms with Crippen LogP contribution >= 0.6 is 0 Å². The molecule has 172 valence electrons. The number of hydrogen-bond donors (Lipinski definition) is 1. The smallest absolute Gasteiger partial charge is 0.264 e. The number of carbonyl (C=O) groups excluding carboxylic acids is 1. The van der Waals surface area contributed by atoms with Crippen molar-refractivity contribution in [1.29, 1.82) is 0 Å². The molecule has 6 nitrogen and oxygen atoms in total. The first-order chi connectivity index (χ1) is 16.4. The van der Waals surface area contributed by atoms with E-state index in [0.717, 1.165) is 21.9 Å². The predicted octanol–water partition coefficient (Wildman–Crippen LogP) is 4.42. The lowest BCUT2D eigenvalue weighted by Gasteiger charge is -2.34. The fourth-order valence-electron chi connectivity index (χ4n) is 4.06. The molecule has 0 radical (unpaired) electrons. The Kier molecular flexibility index (Phi) is 5.71. The fraction of sp³-hybridized carbons (Fsp3) is 0.148. The van der Waals surface area contributed by atoms with Crippen molar-refractivity contribution in [3.05, 3.63) is 102 Å². The van der Waals surface area contributed by atoms with Gasteiger partial charge in [0.15, 0.2) is 6.10 Å². The lowest BCUT2D eigenvalue weighted by Crippen LogP contribution is -2.50. The summed E-state index contributed by atoms with van der Waals surface area (Å²) >= 11 is 0. The minimum atomic E-state index is -3.88. The lowest BCUT2D eigenvalue weighted by atomic mass is 10.1. The first-order valence-electron chi connectivity index (χ1n) is 11.0. The van der Waals surface area contributed by atoms with Crippen LogP contribution in [0.25, 0.3) is 10.8 Å². The molecule has 0 spiro atoms. The van der Waals surface area contributed by atoms with Crippen LogP contribution in [0.5, 0.6) is 5.75 Å². The molecule has 0 unspecified atom stereocenters. The summed E-state index contributed by atoms with van der Waals surface area (Å²) in [6, 6.07) is 27.6. The Hall–Kier alpha value is -3.84. The highest BCUT2D eigenvalue weighted by Gasteiger charge is 2.37. The van der Waals surface area contributed by atoms with E-state index >= 15 is 0 Å². The van der Waals surface area contributed by atoms with Gasteiger partial charge in [-0.25, -0.2) is 8.42 Å². The van der Waals surface area contributed by atoms with Gasteiger partial charge in [-0.3, -0.25) is 9.10 Å². The van der Waals surface area contributed by atoms with Crippen molar-refractivity contribution >= 4 is 32.4 Å². The summed E-state index contributed by atoms with van der Waals surface area (Å²) in [4.78, 5) is 13.2. The molecule has 34 heavy (non-hydrogen) atoms. The standard InChI is InChI=1S/C27H24N2O4S/c1-19-10-14-23(15-11-19)34(31,32)29-18-26(33-25-9-5-4-8-24(25)29)27(30)28-17-20-12-13-21-6-2-3-7-22(21)16-20/h2-16,26H,17-18H2,1H3,(H,28,30)/t26-/m1/s1. The van der Waals surface area contributed by atoms with Crippen LogP contribution in [0.2, 0.25) is 0 Å². The molecule has 5 rings (SSSR count). The SMILES string of the molecule is Cc1ccc(S(=O)(=O)N2C[C@H](C(=O)NCc3ccc4ccccc4c3)Oc3ccccc32)cc1. The molecule has 1 amide bonds. The maximum atomic E-state index is 13.5. The third-order valence-electron chi connectivity index (χ3n) is 5.92. The Morgan fingerprint density at radius 1 is 0.941 bits per heavy atom. The van der Waals surface area contributed by atoms with Gasteiger partial charge in [-0.05, 0) is 53.6 Å². The average Bonchev–Trinajstić information content (AvgIpc) is 2.86. The molecule has 4 aromatic rings. The number of carbonyl (C=O) groups is 1. The van der Waals surface area contributed by atoms with Gasteiger partial charge in [-0.1, -0.05) is 66.2 Å². The molecule has 1 heterocycles. The topological polar surface area (TPSA) is 75.7 Å². The highest BCUT2D eigenvalue weighted by atomic mass is 32.2. The minimum Gasteiger partial charge on any atom is -0.476 e. The number of hydrogen-bond acceptors (Lipinski definition) is 4. The molecule has 7 heteroatoms. The molecule has 1 atom stereocenters. The number of amides is 1. The zero-order valence-electron chi connectivity index (χ0n) is 18.6. The van der Waals surface area contributed by atoms with Crippen molar-refractivity contribution in [2.24, 2.45) is 0 Å². The summed E-state index contributed by atoms with van der Waals surface area (Å²) < 4.78 is 34.1. The number of aryl methyl sites for hydroxylation is 1. The van der Waals surface area contributed by atoms with E-state index < -0.39 is 16.1 Å². The lowest BCUT2D eigenvalue weighted by molar-refractivity contribution is -0.127. The number of nitrogens with one attached hydrogen (secondary N) is 1. The van der Waals surface area contributed by atoms with Crippen molar-refractivity contribution in [2.45, 2.75) is 24.5 Å². The van der Waals surface area contributed by atoms with Crippen LogP contribution in [-0.2, 0) is 21.4 Å².